The van der Waals surface area contributed by atoms with Crippen LogP contribution in [0.25, 0.3) is 0 Å². The average molecular weight is 303 g/mol. The van der Waals surface area contributed by atoms with Crippen molar-refractivity contribution in [2.75, 3.05) is 6.26 Å². The van der Waals surface area contributed by atoms with Crippen molar-refractivity contribution in [3.63, 3.8) is 0 Å². The fourth-order valence-corrected chi connectivity index (χ4v) is 3.40. The van der Waals surface area contributed by atoms with Gasteiger partial charge in [-0.1, -0.05) is 56.8 Å². The van der Waals surface area contributed by atoms with Gasteiger partial charge in [0.05, 0.1) is 5.69 Å². The van der Waals surface area contributed by atoms with E-state index in [1.54, 1.807) is 11.8 Å². The van der Waals surface area contributed by atoms with Crippen LogP contribution in [-0.4, -0.2) is 11.2 Å². The van der Waals surface area contributed by atoms with E-state index in [-0.39, 0.29) is 5.41 Å². The Morgan fingerprint density at radius 1 is 1.00 bits per heavy atom. The first kappa shape index (κ1) is 15.5. The lowest BCUT2D eigenvalue weighted by Gasteiger charge is -2.22. The standard InChI is InChI=1S/C17H21NS2/c1-17(2,3)14-10-11-16(18-15(14)12-19-4)20-13-8-6-5-7-9-13/h5-11H,12H2,1-4H3. The minimum atomic E-state index is 0.147. The molecule has 0 aliphatic carbocycles. The SMILES string of the molecule is CSCc1nc(Sc2ccccc2)ccc1C(C)(C)C. The van der Waals surface area contributed by atoms with Crippen LogP contribution in [0.1, 0.15) is 32.0 Å². The Labute approximate surface area is 130 Å². The number of aromatic nitrogens is 1. The first-order valence-electron chi connectivity index (χ1n) is 6.73. The minimum absolute atomic E-state index is 0.147. The van der Waals surface area contributed by atoms with Crippen molar-refractivity contribution in [2.45, 2.75) is 41.9 Å². The maximum atomic E-state index is 4.87. The zero-order valence-corrected chi connectivity index (χ0v) is 14.1. The minimum Gasteiger partial charge on any atom is -0.245 e. The van der Waals surface area contributed by atoms with Gasteiger partial charge in [-0.2, -0.15) is 11.8 Å². The zero-order valence-electron chi connectivity index (χ0n) is 12.5. The lowest BCUT2D eigenvalue weighted by molar-refractivity contribution is 0.579. The van der Waals surface area contributed by atoms with Crippen LogP contribution < -0.4 is 0 Å². The van der Waals surface area contributed by atoms with E-state index in [2.05, 4.69) is 63.4 Å². The molecule has 2 rings (SSSR count). The molecule has 1 nitrogen and oxygen atoms in total. The number of nitrogens with zero attached hydrogens (tertiary/aromatic N) is 1. The van der Waals surface area contributed by atoms with E-state index in [1.165, 1.54) is 16.2 Å². The van der Waals surface area contributed by atoms with Gasteiger partial charge < -0.3 is 0 Å². The molecule has 0 N–H and O–H groups in total. The van der Waals surface area contributed by atoms with Crippen LogP contribution in [0.4, 0.5) is 0 Å². The average Bonchev–Trinajstić information content (AvgIpc) is 2.39. The molecular weight excluding hydrogens is 282 g/mol. The van der Waals surface area contributed by atoms with E-state index in [9.17, 15) is 0 Å². The van der Waals surface area contributed by atoms with Crippen molar-refractivity contribution < 1.29 is 0 Å². The fourth-order valence-electron chi connectivity index (χ4n) is 2.08. The zero-order chi connectivity index (χ0) is 14.6. The van der Waals surface area contributed by atoms with Crippen molar-refractivity contribution >= 4 is 23.5 Å². The monoisotopic (exact) mass is 303 g/mol. The Hall–Kier alpha value is -0.930. The third-order valence-electron chi connectivity index (χ3n) is 3.00. The third kappa shape index (κ3) is 4.03. The van der Waals surface area contributed by atoms with Crippen LogP contribution in [-0.2, 0) is 11.2 Å². The lowest BCUT2D eigenvalue weighted by Crippen LogP contribution is -2.15. The molecule has 1 heterocycles. The second kappa shape index (κ2) is 6.68. The summed E-state index contributed by atoms with van der Waals surface area (Å²) in [5.41, 5.74) is 2.71. The molecule has 2 aromatic rings. The van der Waals surface area contributed by atoms with E-state index in [0.29, 0.717) is 0 Å². The molecule has 0 atom stereocenters. The van der Waals surface area contributed by atoms with Gasteiger partial charge in [0.25, 0.3) is 0 Å². The van der Waals surface area contributed by atoms with E-state index >= 15 is 0 Å². The third-order valence-corrected chi connectivity index (χ3v) is 4.51. The molecule has 0 bridgehead atoms. The highest BCUT2D eigenvalue weighted by Gasteiger charge is 2.19. The fraction of sp³-hybridized carbons (Fsp3) is 0.353. The molecule has 0 aliphatic heterocycles. The summed E-state index contributed by atoms with van der Waals surface area (Å²) < 4.78 is 0. The van der Waals surface area contributed by atoms with Crippen molar-refractivity contribution in [1.82, 2.24) is 4.98 Å². The molecule has 1 aromatic heterocycles. The summed E-state index contributed by atoms with van der Waals surface area (Å²) in [6.07, 6.45) is 2.13. The van der Waals surface area contributed by atoms with Gasteiger partial charge in [-0.15, -0.1) is 0 Å². The summed E-state index contributed by atoms with van der Waals surface area (Å²) >= 11 is 3.55. The molecule has 0 fully saturated rings. The van der Waals surface area contributed by atoms with Gasteiger partial charge in [-0.25, -0.2) is 4.98 Å². The van der Waals surface area contributed by atoms with Gasteiger partial charge in [0.1, 0.15) is 5.03 Å². The van der Waals surface area contributed by atoms with Crippen LogP contribution in [0.3, 0.4) is 0 Å². The first-order chi connectivity index (χ1) is 9.50. The molecule has 0 radical (unpaired) electrons. The predicted octanol–water partition coefficient (Wildman–Crippen LogP) is 5.39. The molecule has 106 valence electrons. The number of benzene rings is 1. The summed E-state index contributed by atoms with van der Waals surface area (Å²) in [6.45, 7) is 6.74. The van der Waals surface area contributed by atoms with Crippen LogP contribution in [0.5, 0.6) is 0 Å². The van der Waals surface area contributed by atoms with Gasteiger partial charge in [0, 0.05) is 10.6 Å². The summed E-state index contributed by atoms with van der Waals surface area (Å²) in [5, 5.41) is 1.08. The summed E-state index contributed by atoms with van der Waals surface area (Å²) in [4.78, 5) is 6.10. The second-order valence-corrected chi connectivity index (χ2v) is 7.70. The van der Waals surface area contributed by atoms with Gasteiger partial charge in [0.15, 0.2) is 0 Å². The smallest absolute Gasteiger partial charge is 0.101 e. The highest BCUT2D eigenvalue weighted by atomic mass is 32.2. The van der Waals surface area contributed by atoms with E-state index in [1.807, 2.05) is 17.8 Å². The Kier molecular flexibility index (Phi) is 5.17. The van der Waals surface area contributed by atoms with Crippen LogP contribution >= 0.6 is 23.5 Å². The van der Waals surface area contributed by atoms with Crippen LogP contribution in [0.2, 0.25) is 0 Å². The van der Waals surface area contributed by atoms with E-state index in [4.69, 9.17) is 4.98 Å². The lowest BCUT2D eigenvalue weighted by atomic mass is 9.86. The van der Waals surface area contributed by atoms with E-state index in [0.717, 1.165) is 10.8 Å². The molecule has 0 saturated carbocycles. The predicted molar refractivity (Wildman–Crippen MR) is 90.7 cm³/mol. The molecule has 0 unspecified atom stereocenters. The highest BCUT2D eigenvalue weighted by molar-refractivity contribution is 7.99. The van der Waals surface area contributed by atoms with E-state index < -0.39 is 0 Å². The van der Waals surface area contributed by atoms with Crippen molar-refractivity contribution in [3.8, 4) is 0 Å². The Morgan fingerprint density at radius 3 is 2.30 bits per heavy atom. The molecule has 0 saturated heterocycles. The molecule has 3 heteroatoms. The normalized spacial score (nSPS) is 11.6. The number of rotatable bonds is 4. The molecule has 0 aliphatic rings. The van der Waals surface area contributed by atoms with Gasteiger partial charge in [0.2, 0.25) is 0 Å². The molecule has 0 amide bonds. The molecule has 0 spiro atoms. The van der Waals surface area contributed by atoms with Gasteiger partial charge in [-0.05, 0) is 35.4 Å². The Bertz CT molecular complexity index is 559. The summed E-state index contributed by atoms with van der Waals surface area (Å²) in [5.74, 6) is 0.968. The number of hydrogen-bond acceptors (Lipinski definition) is 3. The maximum Gasteiger partial charge on any atom is 0.101 e. The Balaban J connectivity index is 2.30. The quantitative estimate of drug-likeness (QED) is 0.751. The molecule has 1 aromatic carbocycles. The maximum absolute atomic E-state index is 4.87. The number of hydrogen-bond donors (Lipinski definition) is 0. The number of pyridine rings is 1. The van der Waals surface area contributed by atoms with Crippen molar-refractivity contribution in [1.29, 1.82) is 0 Å². The van der Waals surface area contributed by atoms with Gasteiger partial charge in [-0.3, -0.25) is 0 Å². The molecule has 20 heavy (non-hydrogen) atoms. The van der Waals surface area contributed by atoms with Crippen LogP contribution in [0, 0.1) is 0 Å². The second-order valence-electron chi connectivity index (χ2n) is 5.74. The highest BCUT2D eigenvalue weighted by Crippen LogP contribution is 2.31. The van der Waals surface area contributed by atoms with Crippen molar-refractivity contribution in [2.24, 2.45) is 0 Å². The summed E-state index contributed by atoms with van der Waals surface area (Å²) in [7, 11) is 0. The molecular formula is C17H21NS2. The summed E-state index contributed by atoms with van der Waals surface area (Å²) in [6, 6.07) is 14.8. The Morgan fingerprint density at radius 2 is 1.70 bits per heavy atom. The van der Waals surface area contributed by atoms with Crippen LogP contribution in [0.15, 0.2) is 52.4 Å². The topological polar surface area (TPSA) is 12.9 Å². The van der Waals surface area contributed by atoms with Gasteiger partial charge >= 0.3 is 0 Å². The first-order valence-corrected chi connectivity index (χ1v) is 8.94. The largest absolute Gasteiger partial charge is 0.245 e. The number of thioether (sulfide) groups is 1. The van der Waals surface area contributed by atoms with Crippen molar-refractivity contribution in [3.05, 3.63) is 53.7 Å².